The van der Waals surface area contributed by atoms with E-state index in [2.05, 4.69) is 10.0 Å². The number of rotatable bonds is 6. The summed E-state index contributed by atoms with van der Waals surface area (Å²) in [5.41, 5.74) is 0. The molecule has 0 rings (SSSR count). The maximum absolute atomic E-state index is 11.1. The van der Waals surface area contributed by atoms with Crippen molar-refractivity contribution < 1.29 is 8.42 Å². The largest absolute Gasteiger partial charge is 0.320 e. The first-order chi connectivity index (χ1) is 5.50. The van der Waals surface area contributed by atoms with Crippen LogP contribution >= 0.6 is 0 Å². The molecule has 0 aromatic rings. The molecule has 0 saturated heterocycles. The lowest BCUT2D eigenvalue weighted by Gasteiger charge is -2.11. The SMILES string of the molecule is CNCCCNS(=O)(=O)N(C)C. The van der Waals surface area contributed by atoms with E-state index in [1.54, 1.807) is 0 Å². The van der Waals surface area contributed by atoms with Gasteiger partial charge in [0.2, 0.25) is 0 Å². The molecule has 0 spiro atoms. The van der Waals surface area contributed by atoms with Crippen LogP contribution in [-0.2, 0) is 10.2 Å². The Kier molecular flexibility index (Phi) is 5.39. The molecule has 0 atom stereocenters. The Labute approximate surface area is 74.3 Å². The zero-order chi connectivity index (χ0) is 9.61. The Balaban J connectivity index is 3.63. The van der Waals surface area contributed by atoms with Crippen LogP contribution in [0.5, 0.6) is 0 Å². The molecular weight excluding hydrogens is 178 g/mol. The summed E-state index contributed by atoms with van der Waals surface area (Å²) in [4.78, 5) is 0. The molecule has 0 aromatic heterocycles. The van der Waals surface area contributed by atoms with E-state index in [1.807, 2.05) is 7.05 Å². The predicted molar refractivity (Wildman–Crippen MR) is 49.2 cm³/mol. The fourth-order valence-electron chi connectivity index (χ4n) is 0.595. The molecule has 0 heterocycles. The van der Waals surface area contributed by atoms with Gasteiger partial charge in [0.15, 0.2) is 0 Å². The summed E-state index contributed by atoms with van der Waals surface area (Å²) in [7, 11) is 1.61. The van der Waals surface area contributed by atoms with Crippen molar-refractivity contribution in [1.29, 1.82) is 0 Å². The smallest absolute Gasteiger partial charge is 0.278 e. The van der Waals surface area contributed by atoms with Gasteiger partial charge in [-0.05, 0) is 20.0 Å². The third kappa shape index (κ3) is 4.66. The van der Waals surface area contributed by atoms with E-state index < -0.39 is 10.2 Å². The average molecular weight is 195 g/mol. The van der Waals surface area contributed by atoms with E-state index in [4.69, 9.17) is 0 Å². The lowest BCUT2D eigenvalue weighted by molar-refractivity contribution is 0.503. The van der Waals surface area contributed by atoms with Gasteiger partial charge in [0.05, 0.1) is 0 Å². The van der Waals surface area contributed by atoms with Gasteiger partial charge in [0, 0.05) is 20.6 Å². The summed E-state index contributed by atoms with van der Waals surface area (Å²) in [6, 6.07) is 0. The van der Waals surface area contributed by atoms with Crippen LogP contribution in [0.4, 0.5) is 0 Å². The summed E-state index contributed by atoms with van der Waals surface area (Å²) in [6.45, 7) is 1.29. The molecule has 0 radical (unpaired) electrons. The maximum atomic E-state index is 11.1. The van der Waals surface area contributed by atoms with Crippen LogP contribution in [0.3, 0.4) is 0 Å². The molecule has 0 saturated carbocycles. The maximum Gasteiger partial charge on any atom is 0.278 e. The van der Waals surface area contributed by atoms with Gasteiger partial charge in [-0.3, -0.25) is 0 Å². The highest BCUT2D eigenvalue weighted by molar-refractivity contribution is 7.87. The lowest BCUT2D eigenvalue weighted by atomic mass is 10.4. The second-order valence-electron chi connectivity index (χ2n) is 2.64. The Hall–Kier alpha value is -0.170. The molecule has 0 aromatic carbocycles. The van der Waals surface area contributed by atoms with E-state index in [1.165, 1.54) is 14.1 Å². The van der Waals surface area contributed by atoms with Crippen LogP contribution in [0.25, 0.3) is 0 Å². The Morgan fingerprint density at radius 2 is 1.83 bits per heavy atom. The highest BCUT2D eigenvalue weighted by Gasteiger charge is 2.10. The second kappa shape index (κ2) is 5.47. The van der Waals surface area contributed by atoms with E-state index in [-0.39, 0.29) is 0 Å². The Morgan fingerprint density at radius 1 is 1.25 bits per heavy atom. The van der Waals surface area contributed by atoms with Gasteiger partial charge >= 0.3 is 0 Å². The first kappa shape index (κ1) is 11.8. The standard InChI is InChI=1S/C6H17N3O2S/c1-7-5-4-6-8-12(10,11)9(2)3/h7-8H,4-6H2,1-3H3. The fraction of sp³-hybridized carbons (Fsp3) is 1.00. The van der Waals surface area contributed by atoms with E-state index in [0.29, 0.717) is 6.54 Å². The lowest BCUT2D eigenvalue weighted by Crippen LogP contribution is -2.36. The summed E-state index contributed by atoms with van der Waals surface area (Å²) in [5.74, 6) is 0. The summed E-state index contributed by atoms with van der Waals surface area (Å²) >= 11 is 0. The van der Waals surface area contributed by atoms with Crippen molar-refractivity contribution in [2.24, 2.45) is 0 Å². The Bertz CT molecular complexity index is 201. The number of hydrogen-bond acceptors (Lipinski definition) is 3. The van der Waals surface area contributed by atoms with Crippen molar-refractivity contribution in [3.05, 3.63) is 0 Å². The van der Waals surface area contributed by atoms with Crippen LogP contribution in [0.15, 0.2) is 0 Å². The zero-order valence-corrected chi connectivity index (χ0v) is 8.61. The van der Waals surface area contributed by atoms with Crippen molar-refractivity contribution >= 4 is 10.2 Å². The van der Waals surface area contributed by atoms with Crippen LogP contribution in [0, 0.1) is 0 Å². The van der Waals surface area contributed by atoms with Crippen LogP contribution < -0.4 is 10.0 Å². The third-order valence-corrected chi connectivity index (χ3v) is 2.90. The minimum Gasteiger partial charge on any atom is -0.320 e. The molecule has 0 aliphatic rings. The topological polar surface area (TPSA) is 61.4 Å². The van der Waals surface area contributed by atoms with Crippen LogP contribution in [-0.4, -0.2) is 47.0 Å². The quantitative estimate of drug-likeness (QED) is 0.534. The number of nitrogens with zero attached hydrogens (tertiary/aromatic N) is 1. The van der Waals surface area contributed by atoms with Gasteiger partial charge in [-0.1, -0.05) is 0 Å². The van der Waals surface area contributed by atoms with Gasteiger partial charge < -0.3 is 5.32 Å². The highest BCUT2D eigenvalue weighted by Crippen LogP contribution is 1.87. The molecule has 2 N–H and O–H groups in total. The molecule has 0 amide bonds. The van der Waals surface area contributed by atoms with Crippen LogP contribution in [0.2, 0.25) is 0 Å². The molecule has 0 aliphatic carbocycles. The molecule has 74 valence electrons. The van der Waals surface area contributed by atoms with Crippen molar-refractivity contribution in [2.45, 2.75) is 6.42 Å². The average Bonchev–Trinajstić information content (AvgIpc) is 1.98. The molecule has 0 bridgehead atoms. The summed E-state index contributed by atoms with van der Waals surface area (Å²) in [5, 5.41) is 2.93. The van der Waals surface area contributed by atoms with Crippen LogP contribution in [0.1, 0.15) is 6.42 Å². The zero-order valence-electron chi connectivity index (χ0n) is 7.79. The first-order valence-corrected chi connectivity index (χ1v) is 5.26. The normalized spacial score (nSPS) is 12.3. The molecule has 0 aliphatic heterocycles. The van der Waals surface area contributed by atoms with Crippen molar-refractivity contribution in [3.63, 3.8) is 0 Å². The predicted octanol–water partition coefficient (Wildman–Crippen LogP) is -1.01. The first-order valence-electron chi connectivity index (χ1n) is 3.82. The van der Waals surface area contributed by atoms with E-state index >= 15 is 0 Å². The minimum absolute atomic E-state index is 0.474. The van der Waals surface area contributed by atoms with Crippen molar-refractivity contribution in [1.82, 2.24) is 14.3 Å². The molecular formula is C6H17N3O2S. The molecule has 0 unspecified atom stereocenters. The van der Waals surface area contributed by atoms with Gasteiger partial charge in [-0.25, -0.2) is 4.72 Å². The number of hydrogen-bond donors (Lipinski definition) is 2. The fourth-order valence-corrected chi connectivity index (χ4v) is 1.26. The van der Waals surface area contributed by atoms with Gasteiger partial charge in [0.1, 0.15) is 0 Å². The molecule has 5 nitrogen and oxygen atoms in total. The number of nitrogens with one attached hydrogen (secondary N) is 2. The van der Waals surface area contributed by atoms with E-state index in [9.17, 15) is 8.42 Å². The monoisotopic (exact) mass is 195 g/mol. The molecule has 6 heteroatoms. The Morgan fingerprint density at radius 3 is 2.25 bits per heavy atom. The van der Waals surface area contributed by atoms with Gasteiger partial charge in [0.25, 0.3) is 10.2 Å². The summed E-state index contributed by atoms with van der Waals surface area (Å²) < 4.78 is 25.8. The molecule has 12 heavy (non-hydrogen) atoms. The van der Waals surface area contributed by atoms with E-state index in [0.717, 1.165) is 17.3 Å². The van der Waals surface area contributed by atoms with Crippen molar-refractivity contribution in [3.8, 4) is 0 Å². The van der Waals surface area contributed by atoms with Gasteiger partial charge in [-0.2, -0.15) is 12.7 Å². The third-order valence-electron chi connectivity index (χ3n) is 1.37. The van der Waals surface area contributed by atoms with Crippen molar-refractivity contribution in [2.75, 3.05) is 34.2 Å². The minimum atomic E-state index is -3.22. The second-order valence-corrected chi connectivity index (χ2v) is 4.61. The molecule has 0 fully saturated rings. The van der Waals surface area contributed by atoms with Gasteiger partial charge in [-0.15, -0.1) is 0 Å². The highest BCUT2D eigenvalue weighted by atomic mass is 32.2. The summed E-state index contributed by atoms with van der Waals surface area (Å²) in [6.07, 6.45) is 0.795.